The van der Waals surface area contributed by atoms with Crippen molar-refractivity contribution >= 4 is 29.5 Å². The van der Waals surface area contributed by atoms with Crippen LogP contribution in [0.2, 0.25) is 0 Å². The summed E-state index contributed by atoms with van der Waals surface area (Å²) < 4.78 is 33.6. The predicted octanol–water partition coefficient (Wildman–Crippen LogP) is 3.22. The molecule has 0 amide bonds. The zero-order valence-electron chi connectivity index (χ0n) is 21.4. The van der Waals surface area contributed by atoms with E-state index in [-0.39, 0.29) is 18.6 Å². The SMILES string of the molecule is COC(=O)[C@H]1C[C@@]2(C)[C@@H](CC[C@]2(OC(C)=O)C(=O)COC(C)=O)[C@@H]2CCC3=CC(=O)C=C[C@]3(C)[C@@]12F. The summed E-state index contributed by atoms with van der Waals surface area (Å²) in [6, 6.07) is 0. The van der Waals surface area contributed by atoms with Crippen molar-refractivity contribution < 1.29 is 42.6 Å². The van der Waals surface area contributed by atoms with Crippen LogP contribution in [-0.2, 0) is 38.2 Å². The number of alkyl halides is 1. The van der Waals surface area contributed by atoms with Gasteiger partial charge < -0.3 is 14.2 Å². The summed E-state index contributed by atoms with van der Waals surface area (Å²) in [6.45, 7) is 5.26. The van der Waals surface area contributed by atoms with Gasteiger partial charge in [-0.15, -0.1) is 0 Å². The third-order valence-electron chi connectivity index (χ3n) is 9.45. The van der Waals surface area contributed by atoms with Crippen LogP contribution in [0.5, 0.6) is 0 Å². The first-order valence-electron chi connectivity index (χ1n) is 12.3. The molecule has 0 N–H and O–H groups in total. The van der Waals surface area contributed by atoms with Crippen molar-refractivity contribution in [3.05, 3.63) is 23.8 Å². The second kappa shape index (κ2) is 8.63. The fourth-order valence-corrected chi connectivity index (χ4v) is 7.86. The fourth-order valence-electron chi connectivity index (χ4n) is 7.86. The molecule has 0 radical (unpaired) electrons. The Hall–Kier alpha value is -2.84. The Kier molecular flexibility index (Phi) is 6.29. The van der Waals surface area contributed by atoms with E-state index in [1.807, 2.05) is 0 Å². The number of esters is 3. The molecule has 0 bridgehead atoms. The van der Waals surface area contributed by atoms with Gasteiger partial charge in [0.1, 0.15) is 5.67 Å². The molecule has 9 heteroatoms. The van der Waals surface area contributed by atoms with E-state index >= 15 is 4.39 Å². The van der Waals surface area contributed by atoms with E-state index in [1.165, 1.54) is 33.1 Å². The Morgan fingerprint density at radius 1 is 1.08 bits per heavy atom. The number of carbonyl (C=O) groups excluding carboxylic acids is 5. The van der Waals surface area contributed by atoms with Crippen molar-refractivity contribution in [1.82, 2.24) is 0 Å². The molecule has 36 heavy (non-hydrogen) atoms. The number of carbonyl (C=O) groups is 5. The molecule has 0 saturated heterocycles. The van der Waals surface area contributed by atoms with Gasteiger partial charge in [0.25, 0.3) is 0 Å². The quantitative estimate of drug-likeness (QED) is 0.414. The summed E-state index contributed by atoms with van der Waals surface area (Å²) in [5.74, 6) is -5.26. The van der Waals surface area contributed by atoms with E-state index in [0.29, 0.717) is 24.8 Å². The number of Topliss-reactive ketones (excluding diaryl/α,β-unsaturated/α-hetero) is 1. The van der Waals surface area contributed by atoms with Crippen LogP contribution >= 0.6 is 0 Å². The molecule has 196 valence electrons. The van der Waals surface area contributed by atoms with Crippen LogP contribution in [0.15, 0.2) is 23.8 Å². The van der Waals surface area contributed by atoms with Crippen LogP contribution in [0.25, 0.3) is 0 Å². The van der Waals surface area contributed by atoms with Gasteiger partial charge in [-0.25, -0.2) is 4.39 Å². The van der Waals surface area contributed by atoms with Gasteiger partial charge in [0.15, 0.2) is 18.0 Å². The van der Waals surface area contributed by atoms with Crippen LogP contribution in [0.3, 0.4) is 0 Å². The smallest absolute Gasteiger partial charge is 0.311 e. The lowest BCUT2D eigenvalue weighted by atomic mass is 9.42. The maximum absolute atomic E-state index is 17.8. The second-order valence-corrected chi connectivity index (χ2v) is 11.0. The standard InChI is InChI=1S/C27H33FO8/c1-15(29)35-14-22(32)26(36-16(2)30)11-9-19-20-7-6-17-12-18(31)8-10-24(17,3)27(20,28)21(23(33)34-5)13-25(19,26)4/h8,10,12,19-21H,6-7,9,11,13-14H2,1-5H3/t19-,20-,21+,24-,25-,26-,27-/m0/s1. The molecule has 0 aromatic carbocycles. The van der Waals surface area contributed by atoms with Gasteiger partial charge in [-0.3, -0.25) is 24.0 Å². The zero-order chi connectivity index (χ0) is 26.7. The lowest BCUT2D eigenvalue weighted by molar-refractivity contribution is -0.216. The van der Waals surface area contributed by atoms with E-state index in [9.17, 15) is 24.0 Å². The number of hydrogen-bond donors (Lipinski definition) is 0. The van der Waals surface area contributed by atoms with E-state index < -0.39 is 70.2 Å². The van der Waals surface area contributed by atoms with Crippen LogP contribution in [0.4, 0.5) is 4.39 Å². The molecule has 4 aliphatic rings. The predicted molar refractivity (Wildman–Crippen MR) is 124 cm³/mol. The maximum atomic E-state index is 17.8. The number of ketones is 2. The van der Waals surface area contributed by atoms with Gasteiger partial charge in [0.2, 0.25) is 5.78 Å². The summed E-state index contributed by atoms with van der Waals surface area (Å²) in [5, 5.41) is 0. The highest BCUT2D eigenvalue weighted by molar-refractivity contribution is 6.01. The minimum absolute atomic E-state index is 0.110. The molecule has 3 fully saturated rings. The first-order chi connectivity index (χ1) is 16.8. The van der Waals surface area contributed by atoms with Gasteiger partial charge in [0, 0.05) is 24.7 Å². The average molecular weight is 505 g/mol. The normalized spacial score (nSPS) is 40.8. The van der Waals surface area contributed by atoms with E-state index in [4.69, 9.17) is 14.2 Å². The number of allylic oxidation sites excluding steroid dienone is 4. The topological polar surface area (TPSA) is 113 Å². The fraction of sp³-hybridized carbons (Fsp3) is 0.667. The van der Waals surface area contributed by atoms with Crippen LogP contribution in [-0.4, -0.2) is 54.5 Å². The third kappa shape index (κ3) is 3.41. The van der Waals surface area contributed by atoms with Crippen molar-refractivity contribution in [1.29, 1.82) is 0 Å². The van der Waals surface area contributed by atoms with Crippen LogP contribution in [0, 0.1) is 28.6 Å². The monoisotopic (exact) mass is 504 g/mol. The molecular weight excluding hydrogens is 471 g/mol. The first kappa shape index (κ1) is 26.2. The molecule has 4 aliphatic carbocycles. The summed E-state index contributed by atoms with van der Waals surface area (Å²) in [7, 11) is 1.19. The van der Waals surface area contributed by atoms with Crippen LogP contribution in [0.1, 0.15) is 59.8 Å². The number of methoxy groups -OCH3 is 1. The molecule has 0 spiro atoms. The van der Waals surface area contributed by atoms with Crippen molar-refractivity contribution in [2.45, 2.75) is 71.1 Å². The van der Waals surface area contributed by atoms with Crippen LogP contribution < -0.4 is 0 Å². The molecule has 0 heterocycles. The lowest BCUT2D eigenvalue weighted by Crippen LogP contribution is -2.69. The van der Waals surface area contributed by atoms with E-state index in [0.717, 1.165) is 0 Å². The molecule has 0 aromatic heterocycles. The lowest BCUT2D eigenvalue weighted by Gasteiger charge is -2.63. The average Bonchev–Trinajstić information content (AvgIpc) is 3.09. The first-order valence-corrected chi connectivity index (χ1v) is 12.3. The summed E-state index contributed by atoms with van der Waals surface area (Å²) >= 11 is 0. The Morgan fingerprint density at radius 2 is 1.78 bits per heavy atom. The number of hydrogen-bond acceptors (Lipinski definition) is 8. The number of fused-ring (bicyclic) bond motifs is 5. The van der Waals surface area contributed by atoms with Gasteiger partial charge in [0.05, 0.1) is 13.0 Å². The van der Waals surface area contributed by atoms with Gasteiger partial charge in [-0.1, -0.05) is 18.6 Å². The number of rotatable bonds is 5. The molecule has 8 nitrogen and oxygen atoms in total. The zero-order valence-corrected chi connectivity index (χ0v) is 21.4. The summed E-state index contributed by atoms with van der Waals surface area (Å²) in [6.07, 6.45) is 5.60. The van der Waals surface area contributed by atoms with Crippen molar-refractivity contribution in [3.8, 4) is 0 Å². The molecule has 0 aromatic rings. The van der Waals surface area contributed by atoms with E-state index in [1.54, 1.807) is 19.9 Å². The molecular formula is C27H33FO8. The number of halogens is 1. The van der Waals surface area contributed by atoms with Gasteiger partial charge in [-0.05, 0) is 63.0 Å². The Balaban J connectivity index is 1.87. The molecule has 0 unspecified atom stereocenters. The minimum atomic E-state index is -2.09. The van der Waals surface area contributed by atoms with Crippen molar-refractivity contribution in [3.63, 3.8) is 0 Å². The molecule has 4 rings (SSSR count). The molecule has 7 atom stereocenters. The minimum Gasteiger partial charge on any atom is -0.469 e. The largest absolute Gasteiger partial charge is 0.469 e. The highest BCUT2D eigenvalue weighted by Gasteiger charge is 2.76. The van der Waals surface area contributed by atoms with Gasteiger partial charge >= 0.3 is 17.9 Å². The molecule has 3 saturated carbocycles. The second-order valence-electron chi connectivity index (χ2n) is 11.0. The third-order valence-corrected chi connectivity index (χ3v) is 9.45. The highest BCUT2D eigenvalue weighted by Crippen LogP contribution is 2.72. The van der Waals surface area contributed by atoms with Gasteiger partial charge in [-0.2, -0.15) is 0 Å². The van der Waals surface area contributed by atoms with Crippen molar-refractivity contribution in [2.75, 3.05) is 13.7 Å². The maximum Gasteiger partial charge on any atom is 0.311 e. The van der Waals surface area contributed by atoms with Crippen molar-refractivity contribution in [2.24, 2.45) is 28.6 Å². The highest BCUT2D eigenvalue weighted by atomic mass is 19.1. The summed E-state index contributed by atoms with van der Waals surface area (Å²) in [5.41, 5.74) is -5.45. The Bertz CT molecular complexity index is 1090. The Morgan fingerprint density at radius 3 is 2.39 bits per heavy atom. The van der Waals surface area contributed by atoms with E-state index in [2.05, 4.69) is 0 Å². The summed E-state index contributed by atoms with van der Waals surface area (Å²) in [4.78, 5) is 62.6. The Labute approximate surface area is 209 Å². The molecule has 0 aliphatic heterocycles. The number of ether oxygens (including phenoxy) is 3.